The SMILES string of the molecule is CC(C)CC(C)(C)C(=O)N[C@H](C)C(=O)O. The summed E-state index contributed by atoms with van der Waals surface area (Å²) >= 11 is 0. The van der Waals surface area contributed by atoms with E-state index in [-0.39, 0.29) is 5.91 Å². The first kappa shape index (κ1) is 13.9. The maximum atomic E-state index is 11.7. The minimum absolute atomic E-state index is 0.203. The molecule has 0 fully saturated rings. The van der Waals surface area contributed by atoms with E-state index in [4.69, 9.17) is 5.11 Å². The number of hydrogen-bond acceptors (Lipinski definition) is 2. The molecule has 0 saturated heterocycles. The predicted molar refractivity (Wildman–Crippen MR) is 58.5 cm³/mol. The molecule has 0 radical (unpaired) electrons. The summed E-state index contributed by atoms with van der Waals surface area (Å²) in [5.74, 6) is -0.805. The standard InChI is InChI=1S/C11H21NO3/c1-7(2)6-11(4,5)10(15)12-8(3)9(13)14/h7-8H,6H2,1-5H3,(H,12,15)(H,13,14)/t8-/m1/s1. The monoisotopic (exact) mass is 215 g/mol. The van der Waals surface area contributed by atoms with Crippen molar-refractivity contribution < 1.29 is 14.7 Å². The van der Waals surface area contributed by atoms with E-state index in [0.717, 1.165) is 6.42 Å². The second-order valence-corrected chi connectivity index (χ2v) is 5.02. The Bertz CT molecular complexity index is 246. The third kappa shape index (κ3) is 4.81. The summed E-state index contributed by atoms with van der Waals surface area (Å²) in [4.78, 5) is 22.3. The number of amides is 1. The summed E-state index contributed by atoms with van der Waals surface area (Å²) in [5.41, 5.74) is -0.516. The summed E-state index contributed by atoms with van der Waals surface area (Å²) in [6.45, 7) is 9.20. The van der Waals surface area contributed by atoms with Crippen LogP contribution in [0.2, 0.25) is 0 Å². The van der Waals surface area contributed by atoms with Crippen molar-refractivity contribution in [2.75, 3.05) is 0 Å². The van der Waals surface area contributed by atoms with Crippen molar-refractivity contribution in [1.82, 2.24) is 5.32 Å². The number of carbonyl (C=O) groups excluding carboxylic acids is 1. The van der Waals surface area contributed by atoms with Crippen LogP contribution in [0.3, 0.4) is 0 Å². The fourth-order valence-electron chi connectivity index (χ4n) is 1.57. The van der Waals surface area contributed by atoms with Gasteiger partial charge in [-0.2, -0.15) is 0 Å². The highest BCUT2D eigenvalue weighted by molar-refractivity contribution is 5.86. The fourth-order valence-corrected chi connectivity index (χ4v) is 1.57. The largest absolute Gasteiger partial charge is 0.480 e. The molecule has 0 bridgehead atoms. The van der Waals surface area contributed by atoms with E-state index >= 15 is 0 Å². The van der Waals surface area contributed by atoms with E-state index in [9.17, 15) is 9.59 Å². The van der Waals surface area contributed by atoms with E-state index in [2.05, 4.69) is 5.32 Å². The highest BCUT2D eigenvalue weighted by Crippen LogP contribution is 2.25. The molecule has 0 saturated carbocycles. The van der Waals surface area contributed by atoms with Gasteiger partial charge in [0.1, 0.15) is 6.04 Å². The first-order valence-corrected chi connectivity index (χ1v) is 5.20. The van der Waals surface area contributed by atoms with Gasteiger partial charge in [0, 0.05) is 5.41 Å². The summed E-state index contributed by atoms with van der Waals surface area (Å²) in [6, 6.07) is -0.830. The van der Waals surface area contributed by atoms with Gasteiger partial charge in [-0.05, 0) is 19.3 Å². The zero-order valence-corrected chi connectivity index (χ0v) is 10.1. The molecule has 0 aliphatic carbocycles. The number of carboxylic acids is 1. The van der Waals surface area contributed by atoms with Gasteiger partial charge in [0.15, 0.2) is 0 Å². The van der Waals surface area contributed by atoms with Crippen molar-refractivity contribution >= 4 is 11.9 Å². The van der Waals surface area contributed by atoms with Gasteiger partial charge in [-0.1, -0.05) is 27.7 Å². The molecule has 1 atom stereocenters. The van der Waals surface area contributed by atoms with Crippen LogP contribution in [0.25, 0.3) is 0 Å². The number of carboxylic acid groups (broad SMARTS) is 1. The Morgan fingerprint density at radius 3 is 2.07 bits per heavy atom. The third-order valence-corrected chi connectivity index (χ3v) is 2.25. The third-order valence-electron chi connectivity index (χ3n) is 2.25. The molecule has 0 heterocycles. The van der Waals surface area contributed by atoms with Gasteiger partial charge in [-0.15, -0.1) is 0 Å². The van der Waals surface area contributed by atoms with Gasteiger partial charge in [0.25, 0.3) is 0 Å². The van der Waals surface area contributed by atoms with Crippen LogP contribution in [0.1, 0.15) is 41.0 Å². The number of aliphatic carboxylic acids is 1. The number of nitrogens with one attached hydrogen (secondary N) is 1. The minimum atomic E-state index is -1.01. The second-order valence-electron chi connectivity index (χ2n) is 5.02. The average Bonchev–Trinajstić information content (AvgIpc) is 2.01. The molecule has 0 unspecified atom stereocenters. The van der Waals surface area contributed by atoms with Gasteiger partial charge in [-0.3, -0.25) is 9.59 Å². The Morgan fingerprint density at radius 2 is 1.73 bits per heavy atom. The molecule has 88 valence electrons. The molecule has 4 nitrogen and oxygen atoms in total. The zero-order valence-electron chi connectivity index (χ0n) is 10.1. The maximum Gasteiger partial charge on any atom is 0.325 e. The zero-order chi connectivity index (χ0) is 12.2. The molecular weight excluding hydrogens is 194 g/mol. The van der Waals surface area contributed by atoms with Crippen LogP contribution in [0.5, 0.6) is 0 Å². The summed E-state index contributed by atoms with van der Waals surface area (Å²) in [6.07, 6.45) is 0.741. The van der Waals surface area contributed by atoms with Crippen LogP contribution in [-0.2, 0) is 9.59 Å². The number of carbonyl (C=O) groups is 2. The molecule has 0 aromatic heterocycles. The number of hydrogen-bond donors (Lipinski definition) is 2. The lowest BCUT2D eigenvalue weighted by molar-refractivity contribution is -0.143. The highest BCUT2D eigenvalue weighted by atomic mass is 16.4. The van der Waals surface area contributed by atoms with E-state index < -0.39 is 17.4 Å². The van der Waals surface area contributed by atoms with E-state index in [1.807, 2.05) is 27.7 Å². The fraction of sp³-hybridized carbons (Fsp3) is 0.818. The van der Waals surface area contributed by atoms with E-state index in [1.54, 1.807) is 0 Å². The molecule has 0 spiro atoms. The van der Waals surface area contributed by atoms with Crippen molar-refractivity contribution in [3.8, 4) is 0 Å². The normalized spacial score (nSPS) is 13.7. The predicted octanol–water partition coefficient (Wildman–Crippen LogP) is 1.65. The summed E-state index contributed by atoms with van der Waals surface area (Å²) < 4.78 is 0. The van der Waals surface area contributed by atoms with Crippen molar-refractivity contribution in [3.63, 3.8) is 0 Å². The van der Waals surface area contributed by atoms with Crippen molar-refractivity contribution in [3.05, 3.63) is 0 Å². The topological polar surface area (TPSA) is 66.4 Å². The first-order chi connectivity index (χ1) is 6.66. The maximum absolute atomic E-state index is 11.7. The van der Waals surface area contributed by atoms with Crippen LogP contribution in [0, 0.1) is 11.3 Å². The van der Waals surface area contributed by atoms with E-state index in [1.165, 1.54) is 6.92 Å². The molecule has 0 aromatic carbocycles. The quantitative estimate of drug-likeness (QED) is 0.732. The molecule has 0 rings (SSSR count). The Kier molecular flexibility index (Phi) is 4.78. The lowest BCUT2D eigenvalue weighted by atomic mass is 9.83. The minimum Gasteiger partial charge on any atom is -0.480 e. The van der Waals surface area contributed by atoms with Crippen LogP contribution >= 0.6 is 0 Å². The van der Waals surface area contributed by atoms with Crippen LogP contribution in [0.15, 0.2) is 0 Å². The highest BCUT2D eigenvalue weighted by Gasteiger charge is 2.30. The van der Waals surface area contributed by atoms with Gasteiger partial charge in [0.05, 0.1) is 0 Å². The van der Waals surface area contributed by atoms with Crippen molar-refractivity contribution in [2.24, 2.45) is 11.3 Å². The summed E-state index contributed by atoms with van der Waals surface area (Å²) in [5, 5.41) is 11.2. The van der Waals surface area contributed by atoms with Gasteiger partial charge in [0.2, 0.25) is 5.91 Å². The van der Waals surface area contributed by atoms with Gasteiger partial charge in [-0.25, -0.2) is 0 Å². The van der Waals surface area contributed by atoms with Crippen molar-refractivity contribution in [2.45, 2.75) is 47.1 Å². The van der Waals surface area contributed by atoms with E-state index in [0.29, 0.717) is 5.92 Å². The Morgan fingerprint density at radius 1 is 1.27 bits per heavy atom. The molecule has 1 amide bonds. The molecule has 4 heteroatoms. The van der Waals surface area contributed by atoms with Gasteiger partial charge < -0.3 is 10.4 Å². The van der Waals surface area contributed by atoms with Crippen LogP contribution in [-0.4, -0.2) is 23.0 Å². The Labute approximate surface area is 91.1 Å². The molecule has 15 heavy (non-hydrogen) atoms. The molecule has 0 aromatic rings. The smallest absolute Gasteiger partial charge is 0.325 e. The molecule has 2 N–H and O–H groups in total. The molecule has 0 aliphatic rings. The average molecular weight is 215 g/mol. The van der Waals surface area contributed by atoms with Crippen molar-refractivity contribution in [1.29, 1.82) is 0 Å². The van der Waals surface area contributed by atoms with Crippen LogP contribution in [0.4, 0.5) is 0 Å². The summed E-state index contributed by atoms with van der Waals surface area (Å²) in [7, 11) is 0. The number of rotatable bonds is 5. The lowest BCUT2D eigenvalue weighted by Gasteiger charge is -2.26. The molecule has 0 aliphatic heterocycles. The molecular formula is C11H21NO3. The first-order valence-electron chi connectivity index (χ1n) is 5.20. The second kappa shape index (κ2) is 5.14. The van der Waals surface area contributed by atoms with Gasteiger partial charge >= 0.3 is 5.97 Å². The van der Waals surface area contributed by atoms with Crippen LogP contribution < -0.4 is 5.32 Å². The Balaban J connectivity index is 4.37. The Hall–Kier alpha value is -1.06. The lowest BCUT2D eigenvalue weighted by Crippen LogP contribution is -2.45.